The molecule has 3 heterocycles. The lowest BCUT2D eigenvalue weighted by atomic mass is 9.85. The molecular weight excluding hydrogens is 463 g/mol. The van der Waals surface area contributed by atoms with Crippen LogP contribution in [-0.4, -0.2) is 55.7 Å². The van der Waals surface area contributed by atoms with Crippen molar-refractivity contribution in [1.29, 1.82) is 0 Å². The van der Waals surface area contributed by atoms with Crippen LogP contribution in [0.25, 0.3) is 10.9 Å². The van der Waals surface area contributed by atoms with E-state index in [9.17, 15) is 23.1 Å². The van der Waals surface area contributed by atoms with Gasteiger partial charge >= 0.3 is 6.18 Å². The van der Waals surface area contributed by atoms with E-state index in [4.69, 9.17) is 4.74 Å². The van der Waals surface area contributed by atoms with Gasteiger partial charge < -0.3 is 15.2 Å². The normalized spacial score (nSPS) is 15.8. The van der Waals surface area contributed by atoms with E-state index in [1.165, 1.54) is 6.20 Å². The van der Waals surface area contributed by atoms with Crippen molar-refractivity contribution in [3.05, 3.63) is 47.5 Å². The third-order valence-electron chi connectivity index (χ3n) is 6.09. The molecule has 0 bridgehead atoms. The average Bonchev–Trinajstić information content (AvgIpc) is 3.21. The van der Waals surface area contributed by atoms with Crippen molar-refractivity contribution in [2.75, 3.05) is 13.2 Å². The molecule has 0 atom stereocenters. The summed E-state index contributed by atoms with van der Waals surface area (Å²) in [5, 5.41) is 18.7. The number of hydrogen-bond acceptors (Lipinski definition) is 6. The first-order chi connectivity index (χ1) is 16.6. The van der Waals surface area contributed by atoms with E-state index in [1.54, 1.807) is 36.1 Å². The number of aromatic nitrogens is 4. The summed E-state index contributed by atoms with van der Waals surface area (Å²) >= 11 is 0. The van der Waals surface area contributed by atoms with E-state index in [0.717, 1.165) is 30.2 Å². The summed E-state index contributed by atoms with van der Waals surface area (Å²) in [5.41, 5.74) is 1.64. The van der Waals surface area contributed by atoms with Crippen molar-refractivity contribution in [2.45, 2.75) is 63.8 Å². The van der Waals surface area contributed by atoms with Crippen LogP contribution in [0.15, 0.2) is 30.7 Å². The zero-order chi connectivity index (χ0) is 25.1. The molecule has 0 saturated heterocycles. The Morgan fingerprint density at radius 1 is 1.26 bits per heavy atom. The van der Waals surface area contributed by atoms with Crippen LogP contribution >= 0.6 is 0 Å². The Labute approximate surface area is 200 Å². The van der Waals surface area contributed by atoms with Gasteiger partial charge in [0.2, 0.25) is 11.8 Å². The number of ether oxygens (including phenoxy) is 1. The van der Waals surface area contributed by atoms with E-state index in [-0.39, 0.29) is 24.8 Å². The third-order valence-corrected chi connectivity index (χ3v) is 6.09. The minimum absolute atomic E-state index is 0.0605. The molecule has 1 aliphatic rings. The van der Waals surface area contributed by atoms with Crippen molar-refractivity contribution in [1.82, 2.24) is 25.1 Å². The van der Waals surface area contributed by atoms with E-state index in [0.29, 0.717) is 36.2 Å². The lowest BCUT2D eigenvalue weighted by Crippen LogP contribution is -2.44. The number of rotatable bonds is 8. The molecule has 1 fully saturated rings. The number of alkyl halides is 3. The topological polar surface area (TPSA) is 102 Å². The molecule has 1 aliphatic carbocycles. The molecule has 1 amide bonds. The Morgan fingerprint density at radius 2 is 2.03 bits per heavy atom. The number of aryl methyl sites for hydroxylation is 1. The highest BCUT2D eigenvalue weighted by molar-refractivity contribution is 5.86. The maximum atomic E-state index is 12.5. The third kappa shape index (κ3) is 6.68. The monoisotopic (exact) mass is 491 g/mol. The van der Waals surface area contributed by atoms with Gasteiger partial charge in [-0.25, -0.2) is 4.98 Å². The van der Waals surface area contributed by atoms with Gasteiger partial charge in [0.1, 0.15) is 0 Å². The SMILES string of the molecule is Cc1cc(Cn2cc3c(CC(=O)NCC4(O)CCCCC4)nccc3n2)cnc1OCC(F)(F)F. The van der Waals surface area contributed by atoms with E-state index < -0.39 is 18.4 Å². The molecule has 35 heavy (non-hydrogen) atoms. The van der Waals surface area contributed by atoms with E-state index in [2.05, 4.69) is 20.4 Å². The summed E-state index contributed by atoms with van der Waals surface area (Å²) in [4.78, 5) is 20.9. The molecule has 8 nitrogen and oxygen atoms in total. The maximum Gasteiger partial charge on any atom is 0.422 e. The van der Waals surface area contributed by atoms with Gasteiger partial charge in [-0.2, -0.15) is 18.3 Å². The fourth-order valence-corrected chi connectivity index (χ4v) is 4.33. The molecule has 0 aromatic carbocycles. The summed E-state index contributed by atoms with van der Waals surface area (Å²) in [6.07, 6.45) is 4.87. The number of pyridine rings is 2. The first-order valence-electron chi connectivity index (χ1n) is 11.6. The molecule has 1 saturated carbocycles. The van der Waals surface area contributed by atoms with E-state index in [1.807, 2.05) is 0 Å². The Morgan fingerprint density at radius 3 is 2.74 bits per heavy atom. The maximum absolute atomic E-state index is 12.5. The summed E-state index contributed by atoms with van der Waals surface area (Å²) in [6, 6.07) is 3.45. The van der Waals surface area contributed by atoms with Crippen LogP contribution in [0, 0.1) is 6.92 Å². The van der Waals surface area contributed by atoms with Gasteiger partial charge in [-0.3, -0.25) is 14.5 Å². The molecule has 0 unspecified atom stereocenters. The first kappa shape index (κ1) is 24.9. The zero-order valence-electron chi connectivity index (χ0n) is 19.4. The lowest BCUT2D eigenvalue weighted by molar-refractivity contribution is -0.154. The number of carbonyl (C=O) groups is 1. The van der Waals surface area contributed by atoms with Crippen molar-refractivity contribution in [3.8, 4) is 5.88 Å². The highest BCUT2D eigenvalue weighted by Crippen LogP contribution is 2.27. The largest absolute Gasteiger partial charge is 0.468 e. The minimum atomic E-state index is -4.43. The number of fused-ring (bicyclic) bond motifs is 1. The zero-order valence-corrected chi connectivity index (χ0v) is 19.4. The highest BCUT2D eigenvalue weighted by atomic mass is 19.4. The number of carbonyl (C=O) groups excluding carboxylic acids is 1. The molecule has 11 heteroatoms. The molecule has 2 N–H and O–H groups in total. The Hall–Kier alpha value is -3.21. The molecule has 3 aromatic heterocycles. The van der Waals surface area contributed by atoms with Crippen molar-refractivity contribution in [2.24, 2.45) is 0 Å². The fourth-order valence-electron chi connectivity index (χ4n) is 4.33. The van der Waals surface area contributed by atoms with Gasteiger partial charge in [0.25, 0.3) is 0 Å². The summed E-state index contributed by atoms with van der Waals surface area (Å²) in [5.74, 6) is -0.280. The molecular formula is C24H28F3N5O3. The van der Waals surface area contributed by atoms with E-state index >= 15 is 0 Å². The van der Waals surface area contributed by atoms with Gasteiger partial charge in [0, 0.05) is 36.1 Å². The molecule has 4 rings (SSSR count). The molecule has 188 valence electrons. The van der Waals surface area contributed by atoms with Crippen molar-refractivity contribution in [3.63, 3.8) is 0 Å². The van der Waals surface area contributed by atoms with Crippen LogP contribution in [0.1, 0.15) is 48.9 Å². The van der Waals surface area contributed by atoms with Crippen LogP contribution in [0.5, 0.6) is 5.88 Å². The van der Waals surface area contributed by atoms with Crippen molar-refractivity contribution >= 4 is 16.8 Å². The molecule has 0 radical (unpaired) electrons. The number of aliphatic hydroxyl groups is 1. The average molecular weight is 492 g/mol. The van der Waals surface area contributed by atoms with Crippen LogP contribution in [-0.2, 0) is 17.8 Å². The van der Waals surface area contributed by atoms with Crippen LogP contribution in [0.4, 0.5) is 13.2 Å². The number of nitrogens with zero attached hydrogens (tertiary/aromatic N) is 4. The first-order valence-corrected chi connectivity index (χ1v) is 11.6. The fraction of sp³-hybridized carbons (Fsp3) is 0.500. The lowest BCUT2D eigenvalue weighted by Gasteiger charge is -2.32. The Balaban J connectivity index is 1.41. The minimum Gasteiger partial charge on any atom is -0.468 e. The number of hydrogen-bond donors (Lipinski definition) is 2. The molecule has 0 spiro atoms. The Bertz CT molecular complexity index is 1190. The second-order valence-corrected chi connectivity index (χ2v) is 9.13. The standard InChI is InChI=1S/C24H28F3N5O3/c1-16-9-17(11-29-22(16)35-15-24(25,26)27)12-32-13-18-19(31-32)5-8-28-20(18)10-21(33)30-14-23(34)6-3-2-4-7-23/h5,8-9,11,13,34H,2-4,6-7,10,12,14-15H2,1H3,(H,30,33). The number of nitrogens with one attached hydrogen (secondary N) is 1. The smallest absolute Gasteiger partial charge is 0.422 e. The van der Waals surface area contributed by atoms with Gasteiger partial charge in [-0.05, 0) is 37.5 Å². The number of halogens is 3. The summed E-state index contributed by atoms with van der Waals surface area (Å²) < 4.78 is 43.6. The number of amides is 1. The second-order valence-electron chi connectivity index (χ2n) is 9.13. The predicted molar refractivity (Wildman–Crippen MR) is 122 cm³/mol. The quantitative estimate of drug-likeness (QED) is 0.500. The van der Waals surface area contributed by atoms with Gasteiger partial charge in [0.15, 0.2) is 6.61 Å². The molecule has 3 aromatic rings. The van der Waals surface area contributed by atoms with Crippen LogP contribution in [0.3, 0.4) is 0 Å². The summed E-state index contributed by atoms with van der Waals surface area (Å²) in [6.45, 7) is 0.802. The van der Waals surface area contributed by atoms with Gasteiger partial charge in [-0.15, -0.1) is 0 Å². The van der Waals surface area contributed by atoms with Gasteiger partial charge in [-0.1, -0.05) is 19.3 Å². The predicted octanol–water partition coefficient (Wildman–Crippen LogP) is 3.48. The molecule has 0 aliphatic heterocycles. The second kappa shape index (κ2) is 10.2. The highest BCUT2D eigenvalue weighted by Gasteiger charge is 2.30. The Kier molecular flexibility index (Phi) is 7.25. The van der Waals surface area contributed by atoms with Crippen molar-refractivity contribution < 1.29 is 27.8 Å². The van der Waals surface area contributed by atoms with Gasteiger partial charge in [0.05, 0.1) is 29.8 Å². The summed E-state index contributed by atoms with van der Waals surface area (Å²) in [7, 11) is 0. The van der Waals surface area contributed by atoms with Crippen LogP contribution < -0.4 is 10.1 Å². The van der Waals surface area contributed by atoms with Crippen LogP contribution in [0.2, 0.25) is 0 Å².